The van der Waals surface area contributed by atoms with Crippen LogP contribution in [-0.2, 0) is 24.4 Å². The second-order valence-electron chi connectivity index (χ2n) is 7.14. The molecule has 8 heteroatoms. The maximum atomic E-state index is 14.9. The zero-order valence-electron chi connectivity index (χ0n) is 17.3. The van der Waals surface area contributed by atoms with Crippen LogP contribution in [0, 0.1) is 5.82 Å². The predicted octanol–water partition coefficient (Wildman–Crippen LogP) is 4.31. The lowest BCUT2D eigenvalue weighted by Crippen LogP contribution is -2.05. The van der Waals surface area contributed by atoms with Crippen molar-refractivity contribution in [1.29, 1.82) is 0 Å². The zero-order valence-corrected chi connectivity index (χ0v) is 17.3. The predicted molar refractivity (Wildman–Crippen MR) is 116 cm³/mol. The van der Waals surface area contributed by atoms with E-state index in [2.05, 4.69) is 4.98 Å². The number of benzene rings is 2. The third-order valence-corrected chi connectivity index (χ3v) is 5.07. The number of carboxylic acids is 1. The number of furan rings is 1. The first-order valence-electron chi connectivity index (χ1n) is 9.85. The molecule has 0 atom stereocenters. The lowest BCUT2D eigenvalue weighted by atomic mass is 10.00. The van der Waals surface area contributed by atoms with E-state index in [0.29, 0.717) is 33.8 Å². The number of aromatic nitrogens is 1. The third-order valence-electron chi connectivity index (χ3n) is 5.07. The quantitative estimate of drug-likeness (QED) is 0.424. The average Bonchev–Trinajstić information content (AvgIpc) is 3.26. The van der Waals surface area contributed by atoms with Crippen LogP contribution in [-0.4, -0.2) is 23.2 Å². The summed E-state index contributed by atoms with van der Waals surface area (Å²) in [6.45, 7) is 0.107. The molecule has 0 saturated carbocycles. The van der Waals surface area contributed by atoms with Gasteiger partial charge in [-0.1, -0.05) is 6.07 Å². The summed E-state index contributed by atoms with van der Waals surface area (Å²) in [7, 11) is 1.52. The van der Waals surface area contributed by atoms with Gasteiger partial charge in [0.15, 0.2) is 5.82 Å². The summed E-state index contributed by atoms with van der Waals surface area (Å²) < 4.78 is 31.7. The molecule has 0 saturated heterocycles. The summed E-state index contributed by atoms with van der Waals surface area (Å²) >= 11 is 0. The molecule has 0 fully saturated rings. The van der Waals surface area contributed by atoms with Gasteiger partial charge in [0.25, 0.3) is 0 Å². The van der Waals surface area contributed by atoms with E-state index in [1.54, 1.807) is 36.4 Å². The Hall–Kier alpha value is -3.91. The van der Waals surface area contributed by atoms with Crippen LogP contribution >= 0.6 is 0 Å². The molecule has 0 amide bonds. The molecule has 0 spiro atoms. The molecule has 0 aliphatic rings. The van der Waals surface area contributed by atoms with Crippen molar-refractivity contribution in [2.75, 3.05) is 7.11 Å². The summed E-state index contributed by atoms with van der Waals surface area (Å²) in [6, 6.07) is 12.0. The van der Waals surface area contributed by atoms with E-state index in [4.69, 9.17) is 19.6 Å². The minimum absolute atomic E-state index is 0.0219. The number of carbonyl (C=O) groups is 1. The summed E-state index contributed by atoms with van der Waals surface area (Å²) in [4.78, 5) is 15.2. The number of fused-ring (bicyclic) bond motifs is 1. The Balaban J connectivity index is 1.71. The molecule has 164 valence electrons. The van der Waals surface area contributed by atoms with E-state index in [-0.39, 0.29) is 25.3 Å². The Kier molecular flexibility index (Phi) is 6.04. The van der Waals surface area contributed by atoms with Crippen LogP contribution in [0.2, 0.25) is 0 Å². The Labute approximate surface area is 183 Å². The van der Waals surface area contributed by atoms with Gasteiger partial charge in [0.2, 0.25) is 0 Å². The lowest BCUT2D eigenvalue weighted by Gasteiger charge is -2.14. The zero-order chi connectivity index (χ0) is 22.7. The summed E-state index contributed by atoms with van der Waals surface area (Å²) in [5, 5.41) is 9.96. The van der Waals surface area contributed by atoms with Crippen molar-refractivity contribution in [3.8, 4) is 22.6 Å². The van der Waals surface area contributed by atoms with E-state index in [1.165, 1.54) is 19.6 Å². The Morgan fingerprint density at radius 3 is 2.78 bits per heavy atom. The highest BCUT2D eigenvalue weighted by molar-refractivity contribution is 5.93. The summed E-state index contributed by atoms with van der Waals surface area (Å²) in [5.74, 6) is -0.511. The number of pyridine rings is 1. The van der Waals surface area contributed by atoms with E-state index in [0.717, 1.165) is 10.9 Å². The maximum absolute atomic E-state index is 14.9. The molecule has 0 bridgehead atoms. The molecule has 7 nitrogen and oxygen atoms in total. The Bertz CT molecular complexity index is 1280. The van der Waals surface area contributed by atoms with Crippen molar-refractivity contribution in [2.24, 2.45) is 5.73 Å². The van der Waals surface area contributed by atoms with Crippen LogP contribution in [0.1, 0.15) is 16.8 Å². The van der Waals surface area contributed by atoms with Crippen LogP contribution in [0.15, 0.2) is 59.3 Å². The van der Waals surface area contributed by atoms with Gasteiger partial charge >= 0.3 is 5.97 Å². The highest BCUT2D eigenvalue weighted by atomic mass is 19.1. The van der Waals surface area contributed by atoms with Gasteiger partial charge in [-0.15, -0.1) is 0 Å². The van der Waals surface area contributed by atoms with Crippen molar-refractivity contribution >= 4 is 16.9 Å². The number of rotatable bonds is 8. The second kappa shape index (κ2) is 9.07. The number of halogens is 1. The van der Waals surface area contributed by atoms with Crippen molar-refractivity contribution in [3.63, 3.8) is 0 Å². The molecule has 0 aliphatic heterocycles. The number of carboxylic acid groups (broad SMARTS) is 1. The Morgan fingerprint density at radius 1 is 1.19 bits per heavy atom. The van der Waals surface area contributed by atoms with Gasteiger partial charge in [-0.25, -0.2) is 4.39 Å². The molecule has 2 aromatic heterocycles. The molecular formula is C24H21FN2O5. The minimum atomic E-state index is -0.967. The van der Waals surface area contributed by atoms with E-state index in [9.17, 15) is 14.3 Å². The molecule has 32 heavy (non-hydrogen) atoms. The summed E-state index contributed by atoms with van der Waals surface area (Å²) in [6.07, 6.45) is 2.86. The standard InChI is InChI=1S/C24H21FN2O5/c1-30-17-3-2-15(10-22(28)29)21(11-17)32-13-14-8-16-5-7-31-24(16)19(9-14)18-4-6-27-20(12-26)23(18)25/h2-9,11H,10,12-13,26H2,1H3,(H,28,29). The van der Waals surface area contributed by atoms with Gasteiger partial charge in [0, 0.05) is 40.9 Å². The molecule has 0 unspecified atom stereocenters. The third kappa shape index (κ3) is 4.26. The highest BCUT2D eigenvalue weighted by Crippen LogP contribution is 2.34. The molecule has 0 radical (unpaired) electrons. The molecule has 2 aromatic carbocycles. The molecule has 2 heterocycles. The molecular weight excluding hydrogens is 415 g/mol. The van der Waals surface area contributed by atoms with Crippen molar-refractivity contribution < 1.29 is 28.2 Å². The number of ether oxygens (including phenoxy) is 2. The van der Waals surface area contributed by atoms with Crippen LogP contribution < -0.4 is 15.2 Å². The second-order valence-corrected chi connectivity index (χ2v) is 7.14. The molecule has 3 N–H and O–H groups in total. The first-order valence-corrected chi connectivity index (χ1v) is 9.85. The fourth-order valence-corrected chi connectivity index (χ4v) is 3.53. The number of methoxy groups -OCH3 is 1. The topological polar surface area (TPSA) is 108 Å². The highest BCUT2D eigenvalue weighted by Gasteiger charge is 2.17. The number of nitrogens with two attached hydrogens (primary N) is 1. The smallest absolute Gasteiger partial charge is 0.307 e. The largest absolute Gasteiger partial charge is 0.497 e. The van der Waals surface area contributed by atoms with E-state index in [1.807, 2.05) is 6.07 Å². The first kappa shape index (κ1) is 21.3. The minimum Gasteiger partial charge on any atom is -0.497 e. The number of hydrogen-bond acceptors (Lipinski definition) is 6. The lowest BCUT2D eigenvalue weighted by molar-refractivity contribution is -0.136. The van der Waals surface area contributed by atoms with Crippen molar-refractivity contribution in [2.45, 2.75) is 19.6 Å². The SMILES string of the molecule is COc1ccc(CC(=O)O)c(OCc2cc(-c3ccnc(CN)c3F)c3occc3c2)c1. The van der Waals surface area contributed by atoms with Crippen LogP contribution in [0.4, 0.5) is 4.39 Å². The molecule has 4 aromatic rings. The monoisotopic (exact) mass is 436 g/mol. The Morgan fingerprint density at radius 2 is 2.03 bits per heavy atom. The summed E-state index contributed by atoms with van der Waals surface area (Å²) in [5.41, 5.74) is 8.47. The van der Waals surface area contributed by atoms with Gasteiger partial charge < -0.3 is 24.7 Å². The van der Waals surface area contributed by atoms with Gasteiger partial charge in [-0.2, -0.15) is 0 Å². The van der Waals surface area contributed by atoms with Crippen LogP contribution in [0.25, 0.3) is 22.1 Å². The van der Waals surface area contributed by atoms with Gasteiger partial charge in [-0.3, -0.25) is 9.78 Å². The fourth-order valence-electron chi connectivity index (χ4n) is 3.53. The van der Waals surface area contributed by atoms with Gasteiger partial charge in [0.1, 0.15) is 23.7 Å². The number of aliphatic carboxylic acids is 1. The van der Waals surface area contributed by atoms with Gasteiger partial charge in [0.05, 0.1) is 25.5 Å². The average molecular weight is 436 g/mol. The number of nitrogens with zero attached hydrogens (tertiary/aromatic N) is 1. The van der Waals surface area contributed by atoms with Crippen LogP contribution in [0.5, 0.6) is 11.5 Å². The van der Waals surface area contributed by atoms with E-state index < -0.39 is 11.8 Å². The molecule has 4 rings (SSSR count). The first-order chi connectivity index (χ1) is 15.5. The van der Waals surface area contributed by atoms with Crippen molar-refractivity contribution in [3.05, 3.63) is 77.6 Å². The fraction of sp³-hybridized carbons (Fsp3) is 0.167. The van der Waals surface area contributed by atoms with Crippen LogP contribution in [0.3, 0.4) is 0 Å². The van der Waals surface area contributed by atoms with E-state index >= 15 is 0 Å². The molecule has 0 aliphatic carbocycles. The number of hydrogen-bond donors (Lipinski definition) is 2. The maximum Gasteiger partial charge on any atom is 0.307 e. The van der Waals surface area contributed by atoms with Gasteiger partial charge in [-0.05, 0) is 35.9 Å². The normalized spacial score (nSPS) is 11.0. The van der Waals surface area contributed by atoms with Crippen molar-refractivity contribution in [1.82, 2.24) is 4.98 Å².